The van der Waals surface area contributed by atoms with Crippen LogP contribution in [0.5, 0.6) is 0 Å². The summed E-state index contributed by atoms with van der Waals surface area (Å²) in [5.41, 5.74) is 0. The summed E-state index contributed by atoms with van der Waals surface area (Å²) in [6.45, 7) is 8.31. The quantitative estimate of drug-likeness (QED) is 0.710. The largest absolute Gasteiger partial charge is 0.374 e. The third-order valence-corrected chi connectivity index (χ3v) is 3.29. The molecular weight excluding hydrogens is 212 g/mol. The highest BCUT2D eigenvalue weighted by Crippen LogP contribution is 2.12. The Morgan fingerprint density at radius 2 is 2.35 bits per heavy atom. The number of hydrogen-bond acceptors (Lipinski definition) is 3. The van der Waals surface area contributed by atoms with E-state index in [1.807, 2.05) is 14.0 Å². The van der Waals surface area contributed by atoms with Crippen molar-refractivity contribution in [1.82, 2.24) is 10.2 Å². The van der Waals surface area contributed by atoms with Gasteiger partial charge in [0, 0.05) is 25.6 Å². The molecule has 2 atom stereocenters. The van der Waals surface area contributed by atoms with Crippen LogP contribution < -0.4 is 5.32 Å². The third-order valence-electron chi connectivity index (χ3n) is 3.29. The maximum Gasteiger partial charge on any atom is 0.0855 e. The van der Waals surface area contributed by atoms with Crippen LogP contribution in [0.2, 0.25) is 0 Å². The van der Waals surface area contributed by atoms with Crippen LogP contribution in [-0.2, 0) is 4.74 Å². The number of hydrogen-bond donors (Lipinski definition) is 1. The van der Waals surface area contributed by atoms with E-state index in [0.29, 0.717) is 12.1 Å². The molecule has 1 saturated heterocycles. The van der Waals surface area contributed by atoms with Crippen LogP contribution in [0.4, 0.5) is 0 Å². The van der Waals surface area contributed by atoms with E-state index in [9.17, 15) is 0 Å². The van der Waals surface area contributed by atoms with Crippen molar-refractivity contribution < 1.29 is 4.74 Å². The summed E-state index contributed by atoms with van der Waals surface area (Å²) in [5, 5.41) is 3.37. The van der Waals surface area contributed by atoms with Gasteiger partial charge in [0.1, 0.15) is 0 Å². The number of morpholine rings is 1. The summed E-state index contributed by atoms with van der Waals surface area (Å²) in [6.07, 6.45) is 3.56. The van der Waals surface area contributed by atoms with Gasteiger partial charge in [-0.25, -0.2) is 0 Å². The van der Waals surface area contributed by atoms with Crippen molar-refractivity contribution in [3.63, 3.8) is 0 Å². The lowest BCUT2D eigenvalue weighted by Crippen LogP contribution is -2.51. The Labute approximate surface area is 106 Å². The van der Waals surface area contributed by atoms with Gasteiger partial charge in [0.2, 0.25) is 0 Å². The topological polar surface area (TPSA) is 24.5 Å². The SMILES string of the molecule is CC#CCCC(NC)C1CN(CCC)CCO1. The van der Waals surface area contributed by atoms with Crippen molar-refractivity contribution in [2.75, 3.05) is 33.3 Å². The molecule has 2 unspecified atom stereocenters. The zero-order chi connectivity index (χ0) is 12.5. The molecule has 3 heteroatoms. The van der Waals surface area contributed by atoms with Crippen LogP contribution >= 0.6 is 0 Å². The molecular formula is C14H26N2O. The molecule has 17 heavy (non-hydrogen) atoms. The molecule has 1 fully saturated rings. The first-order valence-corrected chi connectivity index (χ1v) is 6.72. The molecule has 1 aliphatic heterocycles. The van der Waals surface area contributed by atoms with Crippen molar-refractivity contribution in [2.45, 2.75) is 45.3 Å². The van der Waals surface area contributed by atoms with E-state index in [2.05, 4.69) is 29.0 Å². The smallest absolute Gasteiger partial charge is 0.0855 e. The van der Waals surface area contributed by atoms with E-state index >= 15 is 0 Å². The second-order valence-corrected chi connectivity index (χ2v) is 4.57. The Morgan fingerprint density at radius 1 is 1.53 bits per heavy atom. The van der Waals surface area contributed by atoms with E-state index < -0.39 is 0 Å². The Kier molecular flexibility index (Phi) is 7.27. The van der Waals surface area contributed by atoms with Crippen molar-refractivity contribution in [1.29, 1.82) is 0 Å². The molecule has 3 nitrogen and oxygen atoms in total. The van der Waals surface area contributed by atoms with E-state index in [1.165, 1.54) is 13.0 Å². The molecule has 0 amide bonds. The zero-order valence-electron chi connectivity index (χ0n) is 11.5. The van der Waals surface area contributed by atoms with Crippen LogP contribution in [-0.4, -0.2) is 50.3 Å². The Morgan fingerprint density at radius 3 is 3.00 bits per heavy atom. The molecule has 0 radical (unpaired) electrons. The first kappa shape index (κ1) is 14.5. The van der Waals surface area contributed by atoms with Gasteiger partial charge in [0.05, 0.1) is 12.7 Å². The molecule has 0 aliphatic carbocycles. The minimum Gasteiger partial charge on any atom is -0.374 e. The average Bonchev–Trinajstić information content (AvgIpc) is 2.35. The molecule has 98 valence electrons. The normalized spacial score (nSPS) is 22.9. The lowest BCUT2D eigenvalue weighted by Gasteiger charge is -2.36. The highest BCUT2D eigenvalue weighted by Gasteiger charge is 2.26. The van der Waals surface area contributed by atoms with Gasteiger partial charge < -0.3 is 10.1 Å². The number of rotatable bonds is 6. The van der Waals surface area contributed by atoms with E-state index in [1.54, 1.807) is 0 Å². The highest BCUT2D eigenvalue weighted by molar-refractivity contribution is 4.96. The van der Waals surface area contributed by atoms with Crippen molar-refractivity contribution in [2.24, 2.45) is 0 Å². The highest BCUT2D eigenvalue weighted by atomic mass is 16.5. The summed E-state index contributed by atoms with van der Waals surface area (Å²) in [5.74, 6) is 6.08. The fourth-order valence-electron chi connectivity index (χ4n) is 2.36. The van der Waals surface area contributed by atoms with Crippen LogP contribution in [0.15, 0.2) is 0 Å². The molecule has 0 aromatic carbocycles. The van der Waals surface area contributed by atoms with Crippen molar-refractivity contribution in [3.8, 4) is 11.8 Å². The summed E-state index contributed by atoms with van der Waals surface area (Å²) in [4.78, 5) is 2.50. The van der Waals surface area contributed by atoms with Gasteiger partial charge in [0.15, 0.2) is 0 Å². The maximum atomic E-state index is 5.89. The summed E-state index contributed by atoms with van der Waals surface area (Å²) in [6, 6.07) is 0.426. The fraction of sp³-hybridized carbons (Fsp3) is 0.857. The predicted octanol–water partition coefficient (Wildman–Crippen LogP) is 1.49. The molecule has 1 rings (SSSR count). The Bertz CT molecular complexity index is 255. The first-order valence-electron chi connectivity index (χ1n) is 6.72. The monoisotopic (exact) mass is 238 g/mol. The van der Waals surface area contributed by atoms with Crippen LogP contribution in [0.25, 0.3) is 0 Å². The van der Waals surface area contributed by atoms with Crippen LogP contribution in [0.1, 0.15) is 33.1 Å². The fourth-order valence-corrected chi connectivity index (χ4v) is 2.36. The van der Waals surface area contributed by atoms with Crippen LogP contribution in [0.3, 0.4) is 0 Å². The standard InChI is InChI=1S/C14H26N2O/c1-4-6-7-8-13(15-3)14-12-16(9-5-2)10-11-17-14/h13-15H,5,7-12H2,1-3H3. The van der Waals surface area contributed by atoms with Crippen LogP contribution in [0, 0.1) is 11.8 Å². The Hall–Kier alpha value is -0.560. The number of ether oxygens (including phenoxy) is 1. The molecule has 0 saturated carbocycles. The van der Waals surface area contributed by atoms with Gasteiger partial charge >= 0.3 is 0 Å². The molecule has 0 aromatic heterocycles. The number of nitrogens with zero attached hydrogens (tertiary/aromatic N) is 1. The average molecular weight is 238 g/mol. The lowest BCUT2D eigenvalue weighted by molar-refractivity contribution is -0.0461. The molecule has 0 spiro atoms. The number of nitrogens with one attached hydrogen (secondary N) is 1. The van der Waals surface area contributed by atoms with E-state index in [-0.39, 0.29) is 0 Å². The Balaban J connectivity index is 2.40. The lowest BCUT2D eigenvalue weighted by atomic mass is 10.0. The summed E-state index contributed by atoms with van der Waals surface area (Å²) >= 11 is 0. The van der Waals surface area contributed by atoms with Crippen molar-refractivity contribution >= 4 is 0 Å². The third kappa shape index (κ3) is 5.08. The predicted molar refractivity (Wildman–Crippen MR) is 72.0 cm³/mol. The zero-order valence-corrected chi connectivity index (χ0v) is 11.5. The van der Waals surface area contributed by atoms with E-state index in [4.69, 9.17) is 4.74 Å². The molecule has 0 aromatic rings. The second-order valence-electron chi connectivity index (χ2n) is 4.57. The molecule has 1 N–H and O–H groups in total. The van der Waals surface area contributed by atoms with Gasteiger partial charge in [-0.3, -0.25) is 4.90 Å². The molecule has 0 bridgehead atoms. The van der Waals surface area contributed by atoms with Gasteiger partial charge in [-0.1, -0.05) is 6.92 Å². The minimum absolute atomic E-state index is 0.318. The summed E-state index contributed by atoms with van der Waals surface area (Å²) in [7, 11) is 2.02. The second kappa shape index (κ2) is 8.52. The van der Waals surface area contributed by atoms with Gasteiger partial charge in [-0.2, -0.15) is 0 Å². The minimum atomic E-state index is 0.318. The summed E-state index contributed by atoms with van der Waals surface area (Å²) < 4.78 is 5.89. The maximum absolute atomic E-state index is 5.89. The van der Waals surface area contributed by atoms with Crippen molar-refractivity contribution in [3.05, 3.63) is 0 Å². The van der Waals surface area contributed by atoms with Gasteiger partial charge in [-0.15, -0.1) is 11.8 Å². The molecule has 1 heterocycles. The first-order chi connectivity index (χ1) is 8.31. The van der Waals surface area contributed by atoms with Gasteiger partial charge in [0.25, 0.3) is 0 Å². The molecule has 1 aliphatic rings. The van der Waals surface area contributed by atoms with E-state index in [0.717, 1.165) is 32.5 Å². The number of likely N-dealkylation sites (N-methyl/N-ethyl adjacent to an activating group) is 1. The van der Waals surface area contributed by atoms with Gasteiger partial charge in [-0.05, 0) is 33.4 Å².